The van der Waals surface area contributed by atoms with Crippen LogP contribution in [0.2, 0.25) is 0 Å². The minimum atomic E-state index is -5.19. The topological polar surface area (TPSA) is 81.5 Å². The van der Waals surface area contributed by atoms with Crippen molar-refractivity contribution in [2.24, 2.45) is 11.8 Å². The van der Waals surface area contributed by atoms with Gasteiger partial charge in [0.25, 0.3) is 0 Å². The summed E-state index contributed by atoms with van der Waals surface area (Å²) >= 11 is 0. The van der Waals surface area contributed by atoms with Crippen LogP contribution in [0.3, 0.4) is 0 Å². The molecular weight excluding hydrogens is 555 g/mol. The van der Waals surface area contributed by atoms with Gasteiger partial charge in [0.05, 0.1) is 26.7 Å². The number of alkyl halides is 3. The molecule has 3 aliphatic heterocycles. The highest BCUT2D eigenvalue weighted by Crippen LogP contribution is 2.43. The molecular formula is C34H45F3N3O3+. The average Bonchev–Trinajstić information content (AvgIpc) is 3.40. The molecule has 6 rings (SSSR count). The number of rotatable bonds is 3. The van der Waals surface area contributed by atoms with Gasteiger partial charge in [0.1, 0.15) is 23.8 Å². The Balaban J connectivity index is 0.000000472. The zero-order chi connectivity index (χ0) is 30.8. The number of amides is 1. The SMILES string of the molecule is Cc1ccc2c(c1)C[NH+](C)C[C@]21C[NH2+]CC1C(=O)N1CC[C@@H](c2ccccc2)C[C@H]1C1CCCCC1.O=C([O-])C(F)(F)F. The summed E-state index contributed by atoms with van der Waals surface area (Å²) in [7, 11) is 2.32. The Bertz CT molecular complexity index is 1280. The van der Waals surface area contributed by atoms with Crippen molar-refractivity contribution in [3.05, 3.63) is 70.8 Å². The van der Waals surface area contributed by atoms with E-state index in [-0.39, 0.29) is 11.3 Å². The molecule has 4 aliphatic rings. The Morgan fingerprint density at radius 3 is 2.42 bits per heavy atom. The number of carbonyl (C=O) groups is 2. The van der Waals surface area contributed by atoms with Gasteiger partial charge in [-0.15, -0.1) is 0 Å². The van der Waals surface area contributed by atoms with Gasteiger partial charge in [-0.2, -0.15) is 13.2 Å². The highest BCUT2D eigenvalue weighted by atomic mass is 19.4. The van der Waals surface area contributed by atoms with Crippen LogP contribution in [0.15, 0.2) is 48.5 Å². The van der Waals surface area contributed by atoms with E-state index >= 15 is 0 Å². The first-order chi connectivity index (χ1) is 20.5. The van der Waals surface area contributed by atoms with Gasteiger partial charge in [-0.1, -0.05) is 73.4 Å². The van der Waals surface area contributed by atoms with Crippen molar-refractivity contribution < 1.29 is 38.1 Å². The number of carboxylic acid groups (broad SMARTS) is 1. The summed E-state index contributed by atoms with van der Waals surface area (Å²) in [5.41, 5.74) is 5.72. The number of benzene rings is 2. The quantitative estimate of drug-likeness (QED) is 0.567. The van der Waals surface area contributed by atoms with E-state index in [1.165, 1.54) is 54.4 Å². The maximum Gasteiger partial charge on any atom is 0.430 e. The number of hydrogen-bond donors (Lipinski definition) is 2. The molecule has 3 N–H and O–H groups in total. The number of fused-ring (bicyclic) bond motifs is 2. The number of carbonyl (C=O) groups excluding carboxylic acids is 2. The third-order valence-electron chi connectivity index (χ3n) is 10.4. The number of hydrogen-bond acceptors (Lipinski definition) is 3. The third-order valence-corrected chi connectivity index (χ3v) is 10.4. The van der Waals surface area contributed by atoms with Crippen LogP contribution in [-0.4, -0.2) is 62.2 Å². The van der Waals surface area contributed by atoms with E-state index < -0.39 is 12.1 Å². The zero-order valence-corrected chi connectivity index (χ0v) is 25.3. The van der Waals surface area contributed by atoms with Gasteiger partial charge in [-0.3, -0.25) is 4.79 Å². The van der Waals surface area contributed by atoms with E-state index in [4.69, 9.17) is 9.90 Å². The minimum absolute atomic E-state index is 0.0319. The van der Waals surface area contributed by atoms with Crippen LogP contribution in [0, 0.1) is 18.8 Å². The number of carboxylic acids is 1. The highest BCUT2D eigenvalue weighted by molar-refractivity contribution is 5.82. The fourth-order valence-corrected chi connectivity index (χ4v) is 8.55. The first-order valence-corrected chi connectivity index (χ1v) is 15.9. The summed E-state index contributed by atoms with van der Waals surface area (Å²) < 4.78 is 31.5. The Morgan fingerprint density at radius 2 is 1.74 bits per heavy atom. The molecule has 1 saturated carbocycles. The Kier molecular flexibility index (Phi) is 9.52. The molecule has 1 amide bonds. The molecule has 0 aromatic heterocycles. The molecule has 2 unspecified atom stereocenters. The predicted molar refractivity (Wildman–Crippen MR) is 155 cm³/mol. The number of nitrogens with zero attached hydrogens (tertiary/aromatic N) is 1. The van der Waals surface area contributed by atoms with E-state index in [0.29, 0.717) is 23.8 Å². The molecule has 1 spiro atoms. The summed E-state index contributed by atoms with van der Waals surface area (Å²) in [6.07, 6.45) is 3.68. The molecule has 2 aromatic rings. The number of likely N-dealkylation sites (tertiary alicyclic amines) is 1. The van der Waals surface area contributed by atoms with Crippen molar-refractivity contribution in [1.29, 1.82) is 0 Å². The monoisotopic (exact) mass is 600 g/mol. The van der Waals surface area contributed by atoms with E-state index in [9.17, 15) is 18.0 Å². The number of quaternary nitrogens is 2. The summed E-state index contributed by atoms with van der Waals surface area (Å²) in [5.74, 6) is -1.20. The van der Waals surface area contributed by atoms with Crippen molar-refractivity contribution in [1.82, 2.24) is 4.90 Å². The lowest BCUT2D eigenvalue weighted by Crippen LogP contribution is -3.11. The number of likely N-dealkylation sites (N-methyl/N-ethyl adjacent to an activating group) is 1. The van der Waals surface area contributed by atoms with Crippen molar-refractivity contribution in [3.63, 3.8) is 0 Å². The molecule has 0 radical (unpaired) electrons. The van der Waals surface area contributed by atoms with Gasteiger partial charge >= 0.3 is 6.18 Å². The molecule has 2 aromatic carbocycles. The molecule has 1 aliphatic carbocycles. The summed E-state index contributed by atoms with van der Waals surface area (Å²) in [5, 5.41) is 11.2. The van der Waals surface area contributed by atoms with Crippen LogP contribution in [0.1, 0.15) is 73.1 Å². The maximum absolute atomic E-state index is 14.7. The van der Waals surface area contributed by atoms with Gasteiger partial charge < -0.3 is 25.0 Å². The number of aliphatic carboxylic acids is 1. The normalized spacial score (nSPS) is 29.5. The lowest BCUT2D eigenvalue weighted by atomic mass is 9.67. The summed E-state index contributed by atoms with van der Waals surface area (Å²) in [6.45, 7) is 7.26. The molecule has 6 nitrogen and oxygen atoms in total. The molecule has 234 valence electrons. The molecule has 9 heteroatoms. The first kappa shape index (κ1) is 31.5. The predicted octanol–water partition coefficient (Wildman–Crippen LogP) is 2.11. The molecule has 43 heavy (non-hydrogen) atoms. The molecule has 2 saturated heterocycles. The number of aryl methyl sites for hydroxylation is 1. The van der Waals surface area contributed by atoms with Crippen molar-refractivity contribution in [3.8, 4) is 0 Å². The van der Waals surface area contributed by atoms with Crippen LogP contribution in [-0.2, 0) is 21.5 Å². The van der Waals surface area contributed by atoms with Crippen molar-refractivity contribution in [2.45, 2.75) is 82.0 Å². The van der Waals surface area contributed by atoms with E-state index in [2.05, 4.69) is 72.7 Å². The number of nitrogens with two attached hydrogens (primary N) is 1. The fourth-order valence-electron chi connectivity index (χ4n) is 8.55. The highest BCUT2D eigenvalue weighted by Gasteiger charge is 2.58. The Labute approximate surface area is 252 Å². The van der Waals surface area contributed by atoms with Gasteiger partial charge in [0, 0.05) is 18.2 Å². The minimum Gasteiger partial charge on any atom is -0.542 e. The first-order valence-electron chi connectivity index (χ1n) is 15.9. The van der Waals surface area contributed by atoms with Crippen LogP contribution in [0.5, 0.6) is 0 Å². The number of nitrogens with one attached hydrogen (secondary N) is 1. The van der Waals surface area contributed by atoms with Crippen LogP contribution < -0.4 is 15.3 Å². The van der Waals surface area contributed by atoms with Crippen molar-refractivity contribution in [2.75, 3.05) is 33.2 Å². The Morgan fingerprint density at radius 1 is 1.05 bits per heavy atom. The van der Waals surface area contributed by atoms with E-state index in [1.807, 2.05) is 0 Å². The van der Waals surface area contributed by atoms with Crippen LogP contribution in [0.25, 0.3) is 0 Å². The largest absolute Gasteiger partial charge is 0.542 e. The lowest BCUT2D eigenvalue weighted by molar-refractivity contribution is -0.902. The maximum atomic E-state index is 14.7. The summed E-state index contributed by atoms with van der Waals surface area (Å²) in [4.78, 5) is 27.4. The molecule has 5 atom stereocenters. The molecule has 3 fully saturated rings. The van der Waals surface area contributed by atoms with Crippen LogP contribution >= 0.6 is 0 Å². The van der Waals surface area contributed by atoms with Gasteiger partial charge in [0.2, 0.25) is 5.91 Å². The van der Waals surface area contributed by atoms with Gasteiger partial charge in [-0.25, -0.2) is 0 Å². The second-order valence-electron chi connectivity index (χ2n) is 13.3. The lowest BCUT2D eigenvalue weighted by Gasteiger charge is -2.47. The fraction of sp³-hybridized carbons (Fsp3) is 0.588. The second kappa shape index (κ2) is 13.0. The Hall–Kier alpha value is -2.91. The standard InChI is InChI=1S/C32H43N3O.C2HF3O2/c1-23-13-14-28-27(17-23)20-34(2)22-32(28)21-33-19-29(32)31(36)35-16-15-26(24-9-5-3-6-10-24)18-30(35)25-11-7-4-8-12-25;3-2(4,5)1(6)7/h3,5-6,9-10,13-14,17,25-26,29-30,33H,4,7-8,11-12,15-16,18-22H2,1-2H3;(H,6,7)/p+1/t26-,29?,30+,32-;/m1./s1. The molecule has 3 heterocycles. The van der Waals surface area contributed by atoms with Crippen LogP contribution in [0.4, 0.5) is 13.2 Å². The van der Waals surface area contributed by atoms with E-state index in [0.717, 1.165) is 45.6 Å². The zero-order valence-electron chi connectivity index (χ0n) is 25.3. The smallest absolute Gasteiger partial charge is 0.430 e. The number of halogens is 3. The van der Waals surface area contributed by atoms with Gasteiger partial charge in [-0.05, 0) is 55.6 Å². The van der Waals surface area contributed by atoms with Gasteiger partial charge in [0.15, 0.2) is 0 Å². The second-order valence-corrected chi connectivity index (χ2v) is 13.3. The summed E-state index contributed by atoms with van der Waals surface area (Å²) in [6, 6.07) is 18.5. The molecule has 0 bridgehead atoms. The number of piperidine rings is 1. The third kappa shape index (κ3) is 6.78. The average molecular weight is 601 g/mol. The van der Waals surface area contributed by atoms with Crippen molar-refractivity contribution >= 4 is 11.9 Å². The van der Waals surface area contributed by atoms with E-state index in [1.54, 1.807) is 4.90 Å².